The number of aromatic amines is 1. The van der Waals surface area contributed by atoms with E-state index in [1.54, 1.807) is 19.1 Å². The molecule has 4 nitrogen and oxygen atoms in total. The van der Waals surface area contributed by atoms with Crippen LogP contribution in [0.3, 0.4) is 0 Å². The zero-order valence-corrected chi connectivity index (χ0v) is 13.0. The van der Waals surface area contributed by atoms with Gasteiger partial charge in [-0.2, -0.15) is 10.5 Å². The molecule has 0 bridgehead atoms. The predicted molar refractivity (Wildman–Crippen MR) is 92.1 cm³/mol. The first-order chi connectivity index (χ1) is 11.6. The third-order valence-corrected chi connectivity index (χ3v) is 3.78. The largest absolute Gasteiger partial charge is 0.325 e. The molecule has 0 aliphatic heterocycles. The average Bonchev–Trinajstić information content (AvgIpc) is 2.61. The van der Waals surface area contributed by atoms with E-state index < -0.39 is 0 Å². The molecule has 1 heterocycles. The van der Waals surface area contributed by atoms with Crippen molar-refractivity contribution in [2.45, 2.75) is 6.92 Å². The molecule has 3 aromatic rings. The van der Waals surface area contributed by atoms with Gasteiger partial charge in [-0.1, -0.05) is 30.3 Å². The van der Waals surface area contributed by atoms with E-state index in [1.165, 1.54) is 0 Å². The zero-order chi connectivity index (χ0) is 17.1. The summed E-state index contributed by atoms with van der Waals surface area (Å²) in [6.07, 6.45) is 0. The number of nitriles is 2. The van der Waals surface area contributed by atoms with Gasteiger partial charge in [0.15, 0.2) is 0 Å². The van der Waals surface area contributed by atoms with Gasteiger partial charge in [-0.05, 0) is 47.9 Å². The number of aryl methyl sites for hydroxylation is 1. The fraction of sp³-hybridized carbons (Fsp3) is 0.0500. The maximum atomic E-state index is 12.0. The Balaban J connectivity index is 2.18. The molecule has 0 amide bonds. The van der Waals surface area contributed by atoms with Gasteiger partial charge in [0.25, 0.3) is 5.56 Å². The minimum absolute atomic E-state index is 0.100. The third-order valence-electron chi connectivity index (χ3n) is 3.78. The number of nitrogens with one attached hydrogen (secondary N) is 1. The minimum Gasteiger partial charge on any atom is -0.325 e. The molecule has 1 N–H and O–H groups in total. The first kappa shape index (κ1) is 15.3. The summed E-state index contributed by atoms with van der Waals surface area (Å²) in [5.74, 6) is 0. The van der Waals surface area contributed by atoms with E-state index in [4.69, 9.17) is 5.26 Å². The van der Waals surface area contributed by atoms with Gasteiger partial charge in [0, 0.05) is 11.3 Å². The minimum atomic E-state index is -0.385. The lowest BCUT2D eigenvalue weighted by Gasteiger charge is -2.08. The molecule has 4 heteroatoms. The molecule has 0 saturated heterocycles. The summed E-state index contributed by atoms with van der Waals surface area (Å²) in [4.78, 5) is 14.6. The Labute approximate surface area is 139 Å². The van der Waals surface area contributed by atoms with Crippen molar-refractivity contribution < 1.29 is 0 Å². The van der Waals surface area contributed by atoms with Crippen molar-refractivity contribution >= 4 is 0 Å². The highest BCUT2D eigenvalue weighted by Crippen LogP contribution is 2.28. The summed E-state index contributed by atoms with van der Waals surface area (Å²) in [5.41, 5.74) is 4.24. The highest BCUT2D eigenvalue weighted by Gasteiger charge is 2.11. The summed E-state index contributed by atoms with van der Waals surface area (Å²) in [6, 6.07) is 20.8. The molecule has 0 unspecified atom stereocenters. The van der Waals surface area contributed by atoms with E-state index in [0.29, 0.717) is 16.8 Å². The lowest BCUT2D eigenvalue weighted by atomic mass is 9.96. The molecule has 0 aliphatic carbocycles. The van der Waals surface area contributed by atoms with Crippen molar-refractivity contribution in [2.75, 3.05) is 0 Å². The average molecular weight is 311 g/mol. The van der Waals surface area contributed by atoms with Crippen LogP contribution in [-0.4, -0.2) is 4.98 Å². The number of benzene rings is 2. The Kier molecular flexibility index (Phi) is 3.97. The first-order valence-electron chi connectivity index (χ1n) is 7.37. The predicted octanol–water partition coefficient (Wildman–Crippen LogP) is 3.76. The molecule has 0 saturated carbocycles. The normalized spacial score (nSPS) is 9.96. The third kappa shape index (κ3) is 2.82. The molecule has 114 valence electrons. The lowest BCUT2D eigenvalue weighted by molar-refractivity contribution is 1.13. The highest BCUT2D eigenvalue weighted by molar-refractivity contribution is 5.76. The Morgan fingerprint density at radius 1 is 0.875 bits per heavy atom. The van der Waals surface area contributed by atoms with Gasteiger partial charge in [0.1, 0.15) is 11.6 Å². The highest BCUT2D eigenvalue weighted by atomic mass is 16.1. The molecular weight excluding hydrogens is 298 g/mol. The number of H-pyrrole nitrogens is 1. The molecular formula is C20H13N3O. The molecule has 2 aromatic carbocycles. The molecule has 1 aromatic heterocycles. The summed E-state index contributed by atoms with van der Waals surface area (Å²) in [6.45, 7) is 1.78. The standard InChI is InChI=1S/C20H13N3O/c1-13-8-18(19(12-22)20(24)23-13)17-7-3-6-16(10-17)15-5-2-4-14(9-15)11-21/h2-10H,1H3,(H,23,24). The summed E-state index contributed by atoms with van der Waals surface area (Å²) in [7, 11) is 0. The van der Waals surface area contributed by atoms with Crippen LogP contribution < -0.4 is 5.56 Å². The number of hydrogen-bond donors (Lipinski definition) is 1. The summed E-state index contributed by atoms with van der Waals surface area (Å²) >= 11 is 0. The fourth-order valence-corrected chi connectivity index (χ4v) is 2.66. The van der Waals surface area contributed by atoms with Crippen LogP contribution in [0.4, 0.5) is 0 Å². The molecule has 3 rings (SSSR count). The van der Waals surface area contributed by atoms with E-state index >= 15 is 0 Å². The SMILES string of the molecule is Cc1cc(-c2cccc(-c3cccc(C#N)c3)c2)c(C#N)c(=O)[nH]1. The lowest BCUT2D eigenvalue weighted by Crippen LogP contribution is -2.12. The Hall–Kier alpha value is -3.63. The molecule has 0 aliphatic rings. The van der Waals surface area contributed by atoms with Crippen LogP contribution in [0.5, 0.6) is 0 Å². The van der Waals surface area contributed by atoms with Gasteiger partial charge in [-0.15, -0.1) is 0 Å². The maximum Gasteiger partial charge on any atom is 0.266 e. The van der Waals surface area contributed by atoms with E-state index in [0.717, 1.165) is 16.7 Å². The first-order valence-corrected chi connectivity index (χ1v) is 7.37. The number of rotatable bonds is 2. The van der Waals surface area contributed by atoms with Crippen LogP contribution in [0.1, 0.15) is 16.8 Å². The smallest absolute Gasteiger partial charge is 0.266 e. The van der Waals surface area contributed by atoms with Gasteiger partial charge in [0.05, 0.1) is 11.6 Å². The Morgan fingerprint density at radius 2 is 1.54 bits per heavy atom. The summed E-state index contributed by atoms with van der Waals surface area (Å²) < 4.78 is 0. The van der Waals surface area contributed by atoms with E-state index in [2.05, 4.69) is 11.1 Å². The number of hydrogen-bond acceptors (Lipinski definition) is 3. The Morgan fingerprint density at radius 3 is 2.25 bits per heavy atom. The van der Waals surface area contributed by atoms with E-state index in [1.807, 2.05) is 48.5 Å². The van der Waals surface area contributed by atoms with Crippen LogP contribution in [0.2, 0.25) is 0 Å². The fourth-order valence-electron chi connectivity index (χ4n) is 2.66. The van der Waals surface area contributed by atoms with Crippen molar-refractivity contribution in [3.8, 4) is 34.4 Å². The Bertz CT molecular complexity index is 1070. The van der Waals surface area contributed by atoms with Crippen molar-refractivity contribution in [1.29, 1.82) is 10.5 Å². The van der Waals surface area contributed by atoms with Gasteiger partial charge >= 0.3 is 0 Å². The van der Waals surface area contributed by atoms with Crippen LogP contribution in [-0.2, 0) is 0 Å². The van der Waals surface area contributed by atoms with Gasteiger partial charge in [-0.3, -0.25) is 4.79 Å². The topological polar surface area (TPSA) is 80.4 Å². The number of pyridine rings is 1. The van der Waals surface area contributed by atoms with E-state index in [9.17, 15) is 10.1 Å². The zero-order valence-electron chi connectivity index (χ0n) is 13.0. The van der Waals surface area contributed by atoms with Gasteiger partial charge in [-0.25, -0.2) is 0 Å². The maximum absolute atomic E-state index is 12.0. The van der Waals surface area contributed by atoms with Crippen LogP contribution >= 0.6 is 0 Å². The number of nitrogens with zero attached hydrogens (tertiary/aromatic N) is 2. The number of aromatic nitrogens is 1. The quantitative estimate of drug-likeness (QED) is 0.782. The van der Waals surface area contributed by atoms with Crippen LogP contribution in [0.15, 0.2) is 59.4 Å². The van der Waals surface area contributed by atoms with Crippen molar-refractivity contribution in [1.82, 2.24) is 4.98 Å². The van der Waals surface area contributed by atoms with Gasteiger partial charge < -0.3 is 4.98 Å². The second-order valence-corrected chi connectivity index (χ2v) is 5.46. The van der Waals surface area contributed by atoms with Crippen molar-refractivity contribution in [3.05, 3.63) is 81.8 Å². The van der Waals surface area contributed by atoms with Crippen LogP contribution in [0.25, 0.3) is 22.3 Å². The van der Waals surface area contributed by atoms with Crippen molar-refractivity contribution in [2.24, 2.45) is 0 Å². The molecule has 24 heavy (non-hydrogen) atoms. The molecule has 0 fully saturated rings. The van der Waals surface area contributed by atoms with Crippen molar-refractivity contribution in [3.63, 3.8) is 0 Å². The monoisotopic (exact) mass is 311 g/mol. The van der Waals surface area contributed by atoms with E-state index in [-0.39, 0.29) is 11.1 Å². The second kappa shape index (κ2) is 6.24. The molecule has 0 spiro atoms. The molecule has 0 radical (unpaired) electrons. The molecule has 0 atom stereocenters. The van der Waals surface area contributed by atoms with Crippen LogP contribution in [0, 0.1) is 29.6 Å². The second-order valence-electron chi connectivity index (χ2n) is 5.46. The van der Waals surface area contributed by atoms with Gasteiger partial charge in [0.2, 0.25) is 0 Å². The summed E-state index contributed by atoms with van der Waals surface area (Å²) in [5, 5.41) is 18.3.